The van der Waals surface area contributed by atoms with Crippen molar-refractivity contribution >= 4 is 32.8 Å². The molecule has 0 saturated heterocycles. The molecule has 0 aliphatic carbocycles. The van der Waals surface area contributed by atoms with E-state index >= 15 is 0 Å². The summed E-state index contributed by atoms with van der Waals surface area (Å²) in [6.45, 7) is 4.46. The molecule has 0 N–H and O–H groups in total. The summed E-state index contributed by atoms with van der Waals surface area (Å²) in [6.07, 6.45) is 0. The molecule has 5 nitrogen and oxygen atoms in total. The van der Waals surface area contributed by atoms with Gasteiger partial charge in [-0.3, -0.25) is 4.79 Å². The van der Waals surface area contributed by atoms with Crippen LogP contribution in [0.3, 0.4) is 0 Å². The highest BCUT2D eigenvalue weighted by Gasteiger charge is 2.21. The van der Waals surface area contributed by atoms with Crippen molar-refractivity contribution in [3.8, 4) is 5.69 Å². The summed E-state index contributed by atoms with van der Waals surface area (Å²) >= 11 is 3.46. The highest BCUT2D eigenvalue weighted by molar-refractivity contribution is 9.10. The average Bonchev–Trinajstić information content (AvgIpc) is 3.25. The molecule has 2 aromatic carbocycles. The Hall–Kier alpha value is -2.86. The highest BCUT2D eigenvalue weighted by atomic mass is 79.9. The number of nitrogens with zero attached hydrogens (tertiary/aromatic N) is 3. The average molecular weight is 438 g/mol. The van der Waals surface area contributed by atoms with Crippen LogP contribution >= 0.6 is 15.9 Å². The number of aryl methyl sites for hydroxylation is 1. The van der Waals surface area contributed by atoms with Crippen molar-refractivity contribution in [1.29, 1.82) is 0 Å². The summed E-state index contributed by atoms with van der Waals surface area (Å²) in [5.41, 5.74) is 4.66. The van der Waals surface area contributed by atoms with Crippen molar-refractivity contribution in [3.63, 3.8) is 0 Å². The van der Waals surface area contributed by atoms with Gasteiger partial charge >= 0.3 is 0 Å². The number of halogens is 1. The van der Waals surface area contributed by atoms with Crippen LogP contribution in [-0.4, -0.2) is 27.6 Å². The van der Waals surface area contributed by atoms with Gasteiger partial charge in [0.2, 0.25) is 0 Å². The molecule has 2 aromatic heterocycles. The fourth-order valence-electron chi connectivity index (χ4n) is 3.35. The predicted molar refractivity (Wildman–Crippen MR) is 113 cm³/mol. The minimum Gasteiger partial charge on any atom is -0.450 e. The lowest BCUT2D eigenvalue weighted by molar-refractivity contribution is 0.0755. The lowest BCUT2D eigenvalue weighted by Crippen LogP contribution is -2.26. The fraction of sp³-hybridized carbons (Fsp3) is 0.182. The first-order chi connectivity index (χ1) is 13.5. The number of fused-ring (bicyclic) bond motifs is 1. The maximum atomic E-state index is 12.9. The maximum absolute atomic E-state index is 12.9. The van der Waals surface area contributed by atoms with Gasteiger partial charge in [0.25, 0.3) is 5.91 Å². The molecule has 0 bridgehead atoms. The first kappa shape index (κ1) is 18.5. The SMILES string of the molecule is Cc1nn(-c2ccccc2)c(C)c1CN(C)C(=O)c1cc2cccc(Br)c2o1. The molecule has 0 aliphatic rings. The zero-order valence-electron chi connectivity index (χ0n) is 15.9. The van der Waals surface area contributed by atoms with Crippen LogP contribution in [0.5, 0.6) is 0 Å². The van der Waals surface area contributed by atoms with E-state index < -0.39 is 0 Å². The topological polar surface area (TPSA) is 51.3 Å². The Labute approximate surface area is 171 Å². The molecule has 0 fully saturated rings. The van der Waals surface area contributed by atoms with Crippen molar-refractivity contribution in [2.24, 2.45) is 0 Å². The number of furan rings is 1. The Morgan fingerprint density at radius 2 is 1.89 bits per heavy atom. The van der Waals surface area contributed by atoms with E-state index in [2.05, 4.69) is 21.0 Å². The van der Waals surface area contributed by atoms with Crippen LogP contribution in [0.25, 0.3) is 16.7 Å². The van der Waals surface area contributed by atoms with E-state index in [1.165, 1.54) is 0 Å². The van der Waals surface area contributed by atoms with Crippen molar-refractivity contribution in [2.75, 3.05) is 7.05 Å². The third kappa shape index (κ3) is 3.24. The largest absolute Gasteiger partial charge is 0.450 e. The second kappa shape index (κ2) is 7.28. The highest BCUT2D eigenvalue weighted by Crippen LogP contribution is 2.28. The summed E-state index contributed by atoms with van der Waals surface area (Å²) in [7, 11) is 1.78. The number of hydrogen-bond acceptors (Lipinski definition) is 3. The molecule has 28 heavy (non-hydrogen) atoms. The standard InChI is InChI=1S/C22H20BrN3O2/c1-14-18(15(2)26(24-14)17-9-5-4-6-10-17)13-25(3)22(27)20-12-16-8-7-11-19(23)21(16)28-20/h4-12H,13H2,1-3H3. The summed E-state index contributed by atoms with van der Waals surface area (Å²) in [5, 5.41) is 5.56. The van der Waals surface area contributed by atoms with E-state index in [1.807, 2.05) is 67.1 Å². The second-order valence-electron chi connectivity index (χ2n) is 6.83. The van der Waals surface area contributed by atoms with Gasteiger partial charge in [-0.15, -0.1) is 0 Å². The van der Waals surface area contributed by atoms with Crippen molar-refractivity contribution < 1.29 is 9.21 Å². The number of benzene rings is 2. The summed E-state index contributed by atoms with van der Waals surface area (Å²) < 4.78 is 8.55. The Kier molecular flexibility index (Phi) is 4.81. The number of rotatable bonds is 4. The minimum atomic E-state index is -0.158. The number of para-hydroxylation sites is 2. The number of hydrogen-bond donors (Lipinski definition) is 0. The molecule has 4 aromatic rings. The number of carbonyl (C=O) groups excluding carboxylic acids is 1. The van der Waals surface area contributed by atoms with E-state index in [9.17, 15) is 4.79 Å². The first-order valence-electron chi connectivity index (χ1n) is 8.99. The van der Waals surface area contributed by atoms with Gasteiger partial charge in [-0.2, -0.15) is 5.10 Å². The Balaban J connectivity index is 1.61. The summed E-state index contributed by atoms with van der Waals surface area (Å²) in [5.74, 6) is 0.171. The normalized spacial score (nSPS) is 11.1. The summed E-state index contributed by atoms with van der Waals surface area (Å²) in [6, 6.07) is 17.5. The maximum Gasteiger partial charge on any atom is 0.289 e. The molecule has 0 atom stereocenters. The molecule has 0 spiro atoms. The van der Waals surface area contributed by atoms with E-state index in [0.717, 1.165) is 32.5 Å². The van der Waals surface area contributed by atoms with E-state index in [1.54, 1.807) is 18.0 Å². The zero-order valence-corrected chi connectivity index (χ0v) is 17.5. The fourth-order valence-corrected chi connectivity index (χ4v) is 3.82. The Morgan fingerprint density at radius 1 is 1.14 bits per heavy atom. The van der Waals surface area contributed by atoms with E-state index in [4.69, 9.17) is 4.42 Å². The van der Waals surface area contributed by atoms with Crippen LogP contribution in [0, 0.1) is 13.8 Å². The molecule has 1 amide bonds. The molecule has 2 heterocycles. The van der Waals surface area contributed by atoms with Crippen LogP contribution in [0.2, 0.25) is 0 Å². The number of amides is 1. The molecule has 0 radical (unpaired) electrons. The molecule has 4 rings (SSSR count). The first-order valence-corrected chi connectivity index (χ1v) is 9.79. The minimum absolute atomic E-state index is 0.158. The van der Waals surface area contributed by atoms with Gasteiger partial charge < -0.3 is 9.32 Å². The third-order valence-corrected chi connectivity index (χ3v) is 5.52. The van der Waals surface area contributed by atoms with Gasteiger partial charge in [-0.1, -0.05) is 30.3 Å². The lowest BCUT2D eigenvalue weighted by atomic mass is 10.2. The predicted octanol–water partition coefficient (Wildman–Crippen LogP) is 5.27. The van der Waals surface area contributed by atoms with Gasteiger partial charge in [0, 0.05) is 30.2 Å². The van der Waals surface area contributed by atoms with Crippen LogP contribution in [0.4, 0.5) is 0 Å². The van der Waals surface area contributed by atoms with Gasteiger partial charge in [0.05, 0.1) is 15.9 Å². The third-order valence-electron chi connectivity index (χ3n) is 4.89. The molecule has 0 saturated carbocycles. The van der Waals surface area contributed by atoms with Crippen LogP contribution in [-0.2, 0) is 6.54 Å². The van der Waals surface area contributed by atoms with Crippen molar-refractivity contribution in [1.82, 2.24) is 14.7 Å². The smallest absolute Gasteiger partial charge is 0.289 e. The lowest BCUT2D eigenvalue weighted by Gasteiger charge is -2.16. The van der Waals surface area contributed by atoms with Gasteiger partial charge in [-0.05, 0) is 54.0 Å². The molecule has 0 aliphatic heterocycles. The van der Waals surface area contributed by atoms with E-state index in [-0.39, 0.29) is 5.91 Å². The Bertz CT molecular complexity index is 1160. The van der Waals surface area contributed by atoms with Gasteiger partial charge in [0.15, 0.2) is 5.76 Å². The number of aromatic nitrogens is 2. The van der Waals surface area contributed by atoms with Crippen LogP contribution in [0.15, 0.2) is 63.5 Å². The van der Waals surface area contributed by atoms with Crippen molar-refractivity contribution in [2.45, 2.75) is 20.4 Å². The van der Waals surface area contributed by atoms with Crippen LogP contribution < -0.4 is 0 Å². The van der Waals surface area contributed by atoms with Gasteiger partial charge in [0.1, 0.15) is 5.58 Å². The quantitative estimate of drug-likeness (QED) is 0.436. The molecular weight excluding hydrogens is 418 g/mol. The zero-order chi connectivity index (χ0) is 19.8. The molecule has 6 heteroatoms. The number of carbonyl (C=O) groups is 1. The monoisotopic (exact) mass is 437 g/mol. The van der Waals surface area contributed by atoms with Crippen LogP contribution in [0.1, 0.15) is 27.5 Å². The molecular formula is C22H20BrN3O2. The van der Waals surface area contributed by atoms with Gasteiger partial charge in [-0.25, -0.2) is 4.68 Å². The van der Waals surface area contributed by atoms with E-state index in [0.29, 0.717) is 17.9 Å². The van der Waals surface area contributed by atoms with Crippen molar-refractivity contribution in [3.05, 3.63) is 81.8 Å². The molecule has 142 valence electrons. The second-order valence-corrected chi connectivity index (χ2v) is 7.68. The Morgan fingerprint density at radius 3 is 2.61 bits per heavy atom. The molecule has 0 unspecified atom stereocenters. The summed E-state index contributed by atoms with van der Waals surface area (Å²) in [4.78, 5) is 14.6.